The summed E-state index contributed by atoms with van der Waals surface area (Å²) in [5.74, 6) is -0.657. The highest BCUT2D eigenvalue weighted by atomic mass is 32.2. The van der Waals surface area contributed by atoms with Gasteiger partial charge in [0, 0.05) is 71.5 Å². The molecule has 2 N–H and O–H groups in total. The number of nitrogens with one attached hydrogen (secondary N) is 2. The fourth-order valence-corrected chi connectivity index (χ4v) is 15.8. The smallest absolute Gasteiger partial charge is 0.329 e. The average Bonchev–Trinajstić information content (AvgIpc) is 4.45. The second-order valence-corrected chi connectivity index (χ2v) is 26.8. The topological polar surface area (TPSA) is 220 Å². The van der Waals surface area contributed by atoms with Crippen LogP contribution < -0.4 is 24.8 Å². The van der Waals surface area contributed by atoms with Crippen LogP contribution in [0.25, 0.3) is 0 Å². The monoisotopic (exact) mass is 1200 g/mol. The number of hydrogen-bond donors (Lipinski definition) is 2. The van der Waals surface area contributed by atoms with Crippen LogP contribution in [0.5, 0.6) is 17.2 Å². The second-order valence-electron chi connectivity index (χ2n) is 22.1. The molecule has 9 rings (SSSR count). The van der Waals surface area contributed by atoms with Crippen molar-refractivity contribution in [1.82, 2.24) is 29.0 Å². The highest BCUT2D eigenvalue weighted by Crippen LogP contribution is 2.45. The molecule has 5 aromatic rings. The summed E-state index contributed by atoms with van der Waals surface area (Å²) in [5.41, 5.74) is 2.14. The Balaban J connectivity index is 0.845. The van der Waals surface area contributed by atoms with E-state index in [1.54, 1.807) is 67.8 Å². The summed E-state index contributed by atoms with van der Waals surface area (Å²) in [4.78, 5) is 61.7. The second kappa shape index (κ2) is 27.1. The molecule has 83 heavy (non-hydrogen) atoms. The normalized spacial score (nSPS) is 20.0. The average molecular weight is 1200 g/mol. The molecule has 0 aliphatic carbocycles. The fourth-order valence-electron chi connectivity index (χ4n) is 11.4. The molecule has 22 heteroatoms. The van der Waals surface area contributed by atoms with Crippen LogP contribution in [0.15, 0.2) is 118 Å². The summed E-state index contributed by atoms with van der Waals surface area (Å²) in [5, 5.41) is 7.64. The third-order valence-corrected chi connectivity index (χ3v) is 21.2. The van der Waals surface area contributed by atoms with Gasteiger partial charge >= 0.3 is 11.9 Å². The van der Waals surface area contributed by atoms with Crippen molar-refractivity contribution < 1.29 is 59.7 Å². The van der Waals surface area contributed by atoms with Crippen LogP contribution in [0.1, 0.15) is 78.5 Å². The van der Waals surface area contributed by atoms with E-state index in [4.69, 9.17) is 23.7 Å². The minimum Gasteiger partial charge on any atom is -0.495 e. The van der Waals surface area contributed by atoms with Crippen molar-refractivity contribution in [3.8, 4) is 17.2 Å². The number of benzene rings is 4. The van der Waals surface area contributed by atoms with Crippen molar-refractivity contribution in [1.29, 1.82) is 0 Å². The molecule has 4 atom stereocenters. The van der Waals surface area contributed by atoms with Gasteiger partial charge in [0.1, 0.15) is 54.1 Å². The molecular formula is C61H76N6O13S3. The first kappa shape index (κ1) is 61.2. The number of aryl methyl sites for hydroxylation is 2. The first-order chi connectivity index (χ1) is 39.8. The van der Waals surface area contributed by atoms with Gasteiger partial charge < -0.3 is 39.2 Å². The van der Waals surface area contributed by atoms with Gasteiger partial charge in [0.2, 0.25) is 31.9 Å². The third kappa shape index (κ3) is 14.8. The number of nitrogens with zero attached hydrogens (tertiary/aromatic N) is 4. The Morgan fingerprint density at radius 2 is 1.20 bits per heavy atom. The minimum atomic E-state index is -4.04. The highest BCUT2D eigenvalue weighted by Gasteiger charge is 2.46. The zero-order chi connectivity index (χ0) is 58.9. The molecule has 4 aliphatic rings. The number of piperidine rings is 2. The number of amides is 2. The molecular weight excluding hydrogens is 1120 g/mol. The van der Waals surface area contributed by atoms with E-state index in [0.717, 1.165) is 47.5 Å². The van der Waals surface area contributed by atoms with Crippen molar-refractivity contribution in [3.05, 3.63) is 136 Å². The molecule has 19 nitrogen and oxygen atoms in total. The van der Waals surface area contributed by atoms with Gasteiger partial charge in [-0.3, -0.25) is 14.5 Å². The van der Waals surface area contributed by atoms with E-state index >= 15 is 4.79 Å². The van der Waals surface area contributed by atoms with Crippen molar-refractivity contribution in [2.24, 2.45) is 0 Å². The van der Waals surface area contributed by atoms with E-state index in [1.807, 2.05) is 49.6 Å². The van der Waals surface area contributed by atoms with Gasteiger partial charge in [-0.2, -0.15) is 8.61 Å². The molecule has 2 amide bonds. The summed E-state index contributed by atoms with van der Waals surface area (Å²) in [6.45, 7) is 7.83. The Bertz CT molecular complexity index is 3270. The van der Waals surface area contributed by atoms with Crippen molar-refractivity contribution in [3.63, 3.8) is 0 Å². The zero-order valence-corrected chi connectivity index (χ0v) is 50.3. The molecule has 4 fully saturated rings. The van der Waals surface area contributed by atoms with Crippen LogP contribution in [0.3, 0.4) is 0 Å². The van der Waals surface area contributed by atoms with Crippen LogP contribution in [-0.4, -0.2) is 163 Å². The predicted molar refractivity (Wildman–Crippen MR) is 313 cm³/mol. The van der Waals surface area contributed by atoms with Gasteiger partial charge in [0.25, 0.3) is 0 Å². The number of hydrogen-bond acceptors (Lipinski definition) is 16. The summed E-state index contributed by atoms with van der Waals surface area (Å²) in [7, 11) is -3.10. The Morgan fingerprint density at radius 3 is 1.76 bits per heavy atom. The summed E-state index contributed by atoms with van der Waals surface area (Å²) in [6.07, 6.45) is 4.31. The number of sulfonamides is 2. The SMILES string of the molecule is COC(=O)[C@H](Cc1ccc(OCCN2CCC(OC(=O)C(Cc3cccc(OC4CCN(C)CC4)c3)NC(=O)[C@@H]3CCCN3S(=O)(=O)c3ccc(C)cc3)(c3sccc3OC)CC2)cc1)NC(=O)[C@@H]1CCCN1S(=O)(=O)c1ccc(C)cc1. The van der Waals surface area contributed by atoms with E-state index < -0.39 is 73.6 Å². The van der Waals surface area contributed by atoms with Crippen LogP contribution in [0, 0.1) is 13.8 Å². The van der Waals surface area contributed by atoms with Crippen LogP contribution >= 0.6 is 11.3 Å². The molecule has 0 radical (unpaired) electrons. The summed E-state index contributed by atoms with van der Waals surface area (Å²) in [6, 6.07) is 25.3. The summed E-state index contributed by atoms with van der Waals surface area (Å²) >= 11 is 1.43. The number of carbonyl (C=O) groups excluding carboxylic acids is 4. The van der Waals surface area contributed by atoms with Gasteiger partial charge in [-0.1, -0.05) is 59.7 Å². The van der Waals surface area contributed by atoms with Gasteiger partial charge in [-0.25, -0.2) is 26.4 Å². The van der Waals surface area contributed by atoms with Crippen molar-refractivity contribution >= 4 is 55.1 Å². The number of carbonyl (C=O) groups is 4. The first-order valence-corrected chi connectivity index (χ1v) is 32.2. The Morgan fingerprint density at radius 1 is 0.651 bits per heavy atom. The number of ether oxygens (including phenoxy) is 5. The van der Waals surface area contributed by atoms with Crippen molar-refractivity contribution in [2.45, 2.75) is 124 Å². The van der Waals surface area contributed by atoms with Crippen LogP contribution in [0.4, 0.5) is 0 Å². The molecule has 4 aliphatic heterocycles. The van der Waals surface area contributed by atoms with Crippen LogP contribution in [-0.2, 0) is 67.1 Å². The minimum absolute atomic E-state index is 0.0386. The standard InChI is InChI=1S/C61H76N6O13S3/c1-42-13-21-49(22-14-42)82(72,73)66-30-7-11-53(66)57(68)62-51(59(70)77-5)40-44-17-19-46(20-18-44)78-37-36-65-34-28-61(29-35-65,56-55(76-4)27-38-81-56)80-60(71)52(41-45-9-6-10-48(39-45)79-47-25-32-64(3)33-26-47)63-58(69)54-12-8-31-67(54)83(74,75)50-23-15-43(2)16-24-50/h6,9-10,13-24,27,38-39,47,51-54H,7-8,11-12,25-26,28-37,40-41H2,1-5H3,(H,62,68)(H,63,69)/t51-,52?,53-,54-/m0/s1. The molecule has 1 unspecified atom stereocenters. The Hall–Kier alpha value is -6.40. The van der Waals surface area contributed by atoms with E-state index in [9.17, 15) is 31.2 Å². The molecule has 0 saturated carbocycles. The van der Waals surface area contributed by atoms with Gasteiger partial charge in [0.15, 0.2) is 5.60 Å². The van der Waals surface area contributed by atoms with Crippen LogP contribution in [0.2, 0.25) is 0 Å². The lowest BCUT2D eigenvalue weighted by Crippen LogP contribution is -2.53. The third-order valence-electron chi connectivity index (χ3n) is 16.2. The maximum atomic E-state index is 15.0. The fraction of sp³-hybridized carbons (Fsp3) is 0.475. The molecule has 1 aromatic heterocycles. The molecule has 446 valence electrons. The zero-order valence-electron chi connectivity index (χ0n) is 47.8. The summed E-state index contributed by atoms with van der Waals surface area (Å²) < 4.78 is 87.9. The van der Waals surface area contributed by atoms with Crippen molar-refractivity contribution in [2.75, 3.05) is 73.7 Å². The van der Waals surface area contributed by atoms with E-state index in [2.05, 4.69) is 27.5 Å². The highest BCUT2D eigenvalue weighted by molar-refractivity contribution is 7.89. The maximum absolute atomic E-state index is 15.0. The van der Waals surface area contributed by atoms with Gasteiger partial charge in [-0.05, 0) is 131 Å². The lowest BCUT2D eigenvalue weighted by molar-refractivity contribution is -0.170. The number of rotatable bonds is 23. The lowest BCUT2D eigenvalue weighted by Gasteiger charge is -2.41. The van der Waals surface area contributed by atoms with E-state index in [0.29, 0.717) is 81.2 Å². The molecule has 4 saturated heterocycles. The van der Waals surface area contributed by atoms with Gasteiger partial charge in [0.05, 0.1) is 28.9 Å². The number of likely N-dealkylation sites (tertiary alicyclic amines) is 2. The molecule has 0 bridgehead atoms. The molecule has 4 aromatic carbocycles. The predicted octanol–water partition coefficient (Wildman–Crippen LogP) is 6.39. The first-order valence-electron chi connectivity index (χ1n) is 28.4. The number of esters is 2. The maximum Gasteiger partial charge on any atom is 0.329 e. The number of thiophene rings is 1. The Labute approximate surface area is 491 Å². The largest absolute Gasteiger partial charge is 0.495 e. The number of methoxy groups -OCH3 is 2. The lowest BCUT2D eigenvalue weighted by atomic mass is 9.88. The molecule has 0 spiro atoms. The quantitative estimate of drug-likeness (QED) is 0.0677. The van der Waals surface area contributed by atoms with E-state index in [-0.39, 0.29) is 48.2 Å². The van der Waals surface area contributed by atoms with E-state index in [1.165, 1.54) is 39.2 Å². The Kier molecular flexibility index (Phi) is 20.0. The molecule has 5 heterocycles. The van der Waals surface area contributed by atoms with Gasteiger partial charge in [-0.15, -0.1) is 11.3 Å².